The number of phenolic OH excluding ortho intramolecular Hbond substituents is 1. The molecule has 7 nitrogen and oxygen atoms in total. The van der Waals surface area contributed by atoms with Gasteiger partial charge in [-0.3, -0.25) is 9.36 Å². The minimum absolute atomic E-state index is 0.00183. The molecule has 1 N–H and O–H groups in total. The van der Waals surface area contributed by atoms with Gasteiger partial charge in [-0.15, -0.1) is 0 Å². The molecule has 1 aliphatic rings. The van der Waals surface area contributed by atoms with E-state index < -0.39 is 0 Å². The molecule has 0 spiro atoms. The molecule has 3 aromatic rings. The Morgan fingerprint density at radius 3 is 2.83 bits per heavy atom. The lowest BCUT2D eigenvalue weighted by Crippen LogP contribution is -2.32. The van der Waals surface area contributed by atoms with Gasteiger partial charge < -0.3 is 9.63 Å². The summed E-state index contributed by atoms with van der Waals surface area (Å²) in [5.74, 6) is 1.25. The first-order valence-electron chi connectivity index (χ1n) is 9.79. The lowest BCUT2D eigenvalue weighted by molar-refractivity contribution is 0.418. The number of nitriles is 1. The molecule has 4 rings (SSSR count). The van der Waals surface area contributed by atoms with Gasteiger partial charge in [0.05, 0.1) is 23.9 Å². The Kier molecular flexibility index (Phi) is 4.93. The number of phenols is 1. The van der Waals surface area contributed by atoms with Crippen LogP contribution in [-0.4, -0.2) is 19.8 Å². The highest BCUT2D eigenvalue weighted by molar-refractivity contribution is 5.67. The van der Waals surface area contributed by atoms with Gasteiger partial charge in [-0.2, -0.15) is 5.26 Å². The van der Waals surface area contributed by atoms with Gasteiger partial charge in [0, 0.05) is 23.1 Å². The third-order valence-corrected chi connectivity index (χ3v) is 5.25. The molecule has 0 radical (unpaired) electrons. The molecule has 1 aromatic carbocycles. The number of hydrogen-bond donors (Lipinski definition) is 1. The first kappa shape index (κ1) is 18.9. The minimum Gasteiger partial charge on any atom is -0.508 e. The number of rotatable bonds is 4. The fourth-order valence-corrected chi connectivity index (χ4v) is 3.81. The molecule has 0 aliphatic heterocycles. The summed E-state index contributed by atoms with van der Waals surface area (Å²) in [6.07, 6.45) is 3.69. The van der Waals surface area contributed by atoms with Crippen LogP contribution in [0.2, 0.25) is 0 Å². The second-order valence-electron chi connectivity index (χ2n) is 7.67. The van der Waals surface area contributed by atoms with Gasteiger partial charge in [0.25, 0.3) is 5.56 Å². The topological polar surface area (TPSA) is 105 Å². The molecule has 0 saturated carbocycles. The number of aromatic nitrogens is 3. The quantitative estimate of drug-likeness (QED) is 0.731. The van der Waals surface area contributed by atoms with Crippen LogP contribution in [0.3, 0.4) is 0 Å². The van der Waals surface area contributed by atoms with Crippen molar-refractivity contribution in [2.24, 2.45) is 0 Å². The summed E-state index contributed by atoms with van der Waals surface area (Å²) in [5.41, 5.74) is 3.14. The summed E-state index contributed by atoms with van der Waals surface area (Å²) in [6, 6.07) is 8.23. The summed E-state index contributed by atoms with van der Waals surface area (Å²) >= 11 is 0. The number of benzene rings is 1. The van der Waals surface area contributed by atoms with E-state index in [9.17, 15) is 15.2 Å². The predicted octanol–water partition coefficient (Wildman–Crippen LogP) is 3.53. The number of nitrogens with zero attached hydrogens (tertiary/aromatic N) is 4. The Morgan fingerprint density at radius 1 is 1.28 bits per heavy atom. The van der Waals surface area contributed by atoms with Crippen LogP contribution in [0, 0.1) is 11.3 Å². The molecular weight excluding hydrogens is 368 g/mol. The van der Waals surface area contributed by atoms with Gasteiger partial charge >= 0.3 is 0 Å². The van der Waals surface area contributed by atoms with Crippen LogP contribution in [0.4, 0.5) is 0 Å². The van der Waals surface area contributed by atoms with E-state index >= 15 is 0 Å². The zero-order chi connectivity index (χ0) is 20.5. The first-order valence-corrected chi connectivity index (χ1v) is 9.79. The van der Waals surface area contributed by atoms with E-state index in [0.717, 1.165) is 42.8 Å². The fourth-order valence-electron chi connectivity index (χ4n) is 3.81. The van der Waals surface area contributed by atoms with Gasteiger partial charge in [-0.05, 0) is 43.9 Å². The van der Waals surface area contributed by atoms with E-state index in [0.29, 0.717) is 22.6 Å². The highest BCUT2D eigenvalue weighted by Crippen LogP contribution is 2.28. The Labute approximate surface area is 168 Å². The Balaban J connectivity index is 1.74. The van der Waals surface area contributed by atoms with Crippen LogP contribution < -0.4 is 5.56 Å². The second-order valence-corrected chi connectivity index (χ2v) is 7.67. The van der Waals surface area contributed by atoms with Gasteiger partial charge in [0.2, 0.25) is 0 Å². The Morgan fingerprint density at radius 2 is 2.07 bits per heavy atom. The van der Waals surface area contributed by atoms with Crippen molar-refractivity contribution in [3.8, 4) is 23.1 Å². The smallest absolute Gasteiger partial charge is 0.257 e. The number of hydrogen-bond acceptors (Lipinski definition) is 6. The van der Waals surface area contributed by atoms with Gasteiger partial charge in [0.15, 0.2) is 5.76 Å². The lowest BCUT2D eigenvalue weighted by Gasteiger charge is -2.20. The predicted molar refractivity (Wildman–Crippen MR) is 107 cm³/mol. The molecule has 2 aromatic heterocycles. The van der Waals surface area contributed by atoms with E-state index in [1.807, 2.05) is 13.8 Å². The average Bonchev–Trinajstić information content (AvgIpc) is 3.18. The lowest BCUT2D eigenvalue weighted by atomic mass is 9.96. The SMILES string of the molecule is CC(C)c1nc2c(c(=O)n1Cc1cc(-c3cc(O)ccc3C#N)on1)CCCC2. The maximum Gasteiger partial charge on any atom is 0.257 e. The van der Waals surface area contributed by atoms with E-state index in [-0.39, 0.29) is 23.8 Å². The molecule has 0 amide bonds. The summed E-state index contributed by atoms with van der Waals surface area (Å²) in [4.78, 5) is 18.0. The second kappa shape index (κ2) is 7.55. The minimum atomic E-state index is -0.00183. The van der Waals surface area contributed by atoms with Gasteiger partial charge in [0.1, 0.15) is 17.3 Å². The molecule has 0 fully saturated rings. The van der Waals surface area contributed by atoms with Crippen molar-refractivity contribution in [2.75, 3.05) is 0 Å². The largest absolute Gasteiger partial charge is 0.508 e. The normalized spacial score (nSPS) is 13.3. The Bertz CT molecular complexity index is 1170. The molecule has 7 heteroatoms. The van der Waals surface area contributed by atoms with Crippen molar-refractivity contribution in [1.82, 2.24) is 14.7 Å². The molecule has 2 heterocycles. The van der Waals surface area contributed by atoms with Gasteiger partial charge in [-0.1, -0.05) is 19.0 Å². The molecule has 148 valence electrons. The van der Waals surface area contributed by atoms with Gasteiger partial charge in [-0.25, -0.2) is 4.98 Å². The summed E-state index contributed by atoms with van der Waals surface area (Å²) in [5, 5.41) is 23.2. The summed E-state index contributed by atoms with van der Waals surface area (Å²) in [7, 11) is 0. The third kappa shape index (κ3) is 3.54. The van der Waals surface area contributed by atoms with E-state index in [4.69, 9.17) is 9.51 Å². The summed E-state index contributed by atoms with van der Waals surface area (Å²) < 4.78 is 7.11. The highest BCUT2D eigenvalue weighted by Gasteiger charge is 2.22. The zero-order valence-corrected chi connectivity index (χ0v) is 16.5. The maximum absolute atomic E-state index is 13.2. The molecule has 1 aliphatic carbocycles. The van der Waals surface area contributed by atoms with Crippen molar-refractivity contribution >= 4 is 0 Å². The first-order chi connectivity index (χ1) is 14.0. The number of aromatic hydroxyl groups is 1. The van der Waals surface area contributed by atoms with Crippen LogP contribution in [0.15, 0.2) is 33.6 Å². The van der Waals surface area contributed by atoms with Crippen LogP contribution in [-0.2, 0) is 19.4 Å². The molecular formula is C22H22N4O3. The van der Waals surface area contributed by atoms with Crippen molar-refractivity contribution in [3.63, 3.8) is 0 Å². The van der Waals surface area contributed by atoms with Crippen LogP contribution in [0.1, 0.15) is 60.9 Å². The zero-order valence-electron chi connectivity index (χ0n) is 16.5. The molecule has 0 saturated heterocycles. The number of aryl methyl sites for hydroxylation is 1. The molecule has 29 heavy (non-hydrogen) atoms. The van der Waals surface area contributed by atoms with Crippen molar-refractivity contribution in [3.05, 3.63) is 63.0 Å². The van der Waals surface area contributed by atoms with Crippen LogP contribution in [0.25, 0.3) is 11.3 Å². The molecule has 0 unspecified atom stereocenters. The van der Waals surface area contributed by atoms with Crippen molar-refractivity contribution in [2.45, 2.75) is 52.0 Å². The van der Waals surface area contributed by atoms with E-state index in [1.54, 1.807) is 10.6 Å². The fraction of sp³-hybridized carbons (Fsp3) is 0.364. The standard InChI is InChI=1S/C22H22N4O3/c1-13(2)21-24-19-6-4-3-5-17(19)22(28)26(21)12-15-9-20(29-25-15)18-10-16(27)8-7-14(18)11-23/h7-10,13,27H,3-6,12H2,1-2H3. The average molecular weight is 390 g/mol. The molecule has 0 bridgehead atoms. The monoisotopic (exact) mass is 390 g/mol. The Hall–Kier alpha value is -3.40. The summed E-state index contributed by atoms with van der Waals surface area (Å²) in [6.45, 7) is 4.29. The highest BCUT2D eigenvalue weighted by atomic mass is 16.5. The van der Waals surface area contributed by atoms with E-state index in [1.165, 1.54) is 18.2 Å². The van der Waals surface area contributed by atoms with Crippen molar-refractivity contribution in [1.29, 1.82) is 5.26 Å². The van der Waals surface area contributed by atoms with Crippen LogP contribution in [0.5, 0.6) is 5.75 Å². The number of fused-ring (bicyclic) bond motifs is 1. The molecule has 0 atom stereocenters. The maximum atomic E-state index is 13.2. The van der Waals surface area contributed by atoms with Crippen molar-refractivity contribution < 1.29 is 9.63 Å². The van der Waals surface area contributed by atoms with Crippen LogP contribution >= 0.6 is 0 Å². The van der Waals surface area contributed by atoms with E-state index in [2.05, 4.69) is 11.2 Å². The third-order valence-electron chi connectivity index (χ3n) is 5.25.